The zero-order chi connectivity index (χ0) is 15.3. The van der Waals surface area contributed by atoms with E-state index in [9.17, 15) is 9.59 Å². The van der Waals surface area contributed by atoms with Gasteiger partial charge in [-0.1, -0.05) is 0 Å². The van der Waals surface area contributed by atoms with E-state index in [0.717, 1.165) is 0 Å². The van der Waals surface area contributed by atoms with Gasteiger partial charge in [0.05, 0.1) is 40.3 Å². The van der Waals surface area contributed by atoms with Gasteiger partial charge in [0.25, 0.3) is 0 Å². The molecule has 2 bridgehead atoms. The summed E-state index contributed by atoms with van der Waals surface area (Å²) in [4.78, 5) is 25.2. The summed E-state index contributed by atoms with van der Waals surface area (Å²) in [5.74, 6) is -1.14. The summed E-state index contributed by atoms with van der Waals surface area (Å²) in [5, 5.41) is 0. The molecular formula is C14H16O7. The highest BCUT2D eigenvalue weighted by atomic mass is 16.6. The van der Waals surface area contributed by atoms with Gasteiger partial charge in [-0.05, 0) is 0 Å². The van der Waals surface area contributed by atoms with Crippen LogP contribution in [0.1, 0.15) is 0 Å². The maximum atomic E-state index is 12.6. The molecule has 1 saturated heterocycles. The molecule has 7 heteroatoms. The smallest absolute Gasteiger partial charge is 0.208 e. The van der Waals surface area contributed by atoms with Crippen LogP contribution in [0.4, 0.5) is 0 Å². The van der Waals surface area contributed by atoms with Crippen LogP contribution in [-0.4, -0.2) is 52.2 Å². The lowest BCUT2D eigenvalue weighted by molar-refractivity contribution is -0.135. The number of Topliss-reactive ketones (excluding diaryl/α,β-unsaturated/α-hetero) is 2. The monoisotopic (exact) mass is 296 g/mol. The van der Waals surface area contributed by atoms with E-state index in [1.807, 2.05) is 0 Å². The molecule has 21 heavy (non-hydrogen) atoms. The molecule has 0 aromatic rings. The summed E-state index contributed by atoms with van der Waals surface area (Å²) < 4.78 is 26.4. The lowest BCUT2D eigenvalue weighted by Gasteiger charge is -2.32. The number of hydrogen-bond acceptors (Lipinski definition) is 7. The molecule has 114 valence electrons. The first-order valence-corrected chi connectivity index (χ1v) is 6.48. The molecule has 3 rings (SSSR count). The topological polar surface area (TPSA) is 80.3 Å². The summed E-state index contributed by atoms with van der Waals surface area (Å²) in [6.07, 6.45) is -1.25. The number of ether oxygens (including phenoxy) is 5. The van der Waals surface area contributed by atoms with E-state index in [4.69, 9.17) is 23.7 Å². The quantitative estimate of drug-likeness (QED) is 0.731. The average molecular weight is 296 g/mol. The van der Waals surface area contributed by atoms with Crippen LogP contribution in [0.5, 0.6) is 0 Å². The third kappa shape index (κ3) is 1.58. The lowest BCUT2D eigenvalue weighted by atomic mass is 9.72. The standard InChI is InChI=1S/C14H16O7/c1-17-11-7(15)5-6(8(16)12(11)18-2)10-14(20-4)13(19-3)9(5)21-10/h5-6,9-10H,1-4H3/t5-,6+,9-,10+. The van der Waals surface area contributed by atoms with E-state index in [0.29, 0.717) is 11.5 Å². The van der Waals surface area contributed by atoms with Crippen molar-refractivity contribution in [1.29, 1.82) is 0 Å². The predicted molar refractivity (Wildman–Crippen MR) is 67.7 cm³/mol. The van der Waals surface area contributed by atoms with Crippen LogP contribution < -0.4 is 0 Å². The first kappa shape index (κ1) is 13.9. The molecule has 2 heterocycles. The molecule has 0 unspecified atom stereocenters. The van der Waals surface area contributed by atoms with E-state index in [1.54, 1.807) is 0 Å². The van der Waals surface area contributed by atoms with Crippen molar-refractivity contribution < 1.29 is 33.3 Å². The highest BCUT2D eigenvalue weighted by molar-refractivity contribution is 6.13. The van der Waals surface area contributed by atoms with Gasteiger partial charge in [0.15, 0.2) is 11.5 Å². The van der Waals surface area contributed by atoms with Crippen LogP contribution in [0.15, 0.2) is 23.0 Å². The Hall–Kier alpha value is -2.02. The number of methoxy groups -OCH3 is 4. The summed E-state index contributed by atoms with van der Waals surface area (Å²) in [5.41, 5.74) is 0. The predicted octanol–water partition coefficient (Wildman–Crippen LogP) is 0.160. The van der Waals surface area contributed by atoms with Crippen molar-refractivity contribution in [2.75, 3.05) is 28.4 Å². The summed E-state index contributed by atoms with van der Waals surface area (Å²) in [7, 11) is 5.63. The molecule has 3 aliphatic rings. The SMILES string of the molecule is COC1=C(OC)C(=O)[C@H]2[C@@H](C1=O)[C@@H]1O[C@H]2C(OC)=C1OC. The highest BCUT2D eigenvalue weighted by Crippen LogP contribution is 2.51. The summed E-state index contributed by atoms with van der Waals surface area (Å²) >= 11 is 0. The summed E-state index contributed by atoms with van der Waals surface area (Å²) in [6, 6.07) is 0. The van der Waals surface area contributed by atoms with Gasteiger partial charge in [-0.15, -0.1) is 0 Å². The van der Waals surface area contributed by atoms with Crippen molar-refractivity contribution in [2.24, 2.45) is 11.8 Å². The normalized spacial score (nSPS) is 34.3. The van der Waals surface area contributed by atoms with Crippen LogP contribution in [0, 0.1) is 11.8 Å². The Morgan fingerprint density at radius 1 is 0.714 bits per heavy atom. The number of rotatable bonds is 4. The van der Waals surface area contributed by atoms with Crippen LogP contribution in [0.25, 0.3) is 0 Å². The second kappa shape index (κ2) is 4.77. The fraction of sp³-hybridized carbons (Fsp3) is 0.571. The number of fused-ring (bicyclic) bond motifs is 5. The Balaban J connectivity index is 2.09. The minimum Gasteiger partial charge on any atom is -0.495 e. The second-order valence-corrected chi connectivity index (χ2v) is 4.96. The molecule has 0 amide bonds. The molecule has 0 aromatic carbocycles. The van der Waals surface area contributed by atoms with Gasteiger partial charge in [0.1, 0.15) is 12.2 Å². The molecule has 7 nitrogen and oxygen atoms in total. The third-order valence-corrected chi connectivity index (χ3v) is 4.20. The number of carbonyl (C=O) groups is 2. The van der Waals surface area contributed by atoms with Gasteiger partial charge < -0.3 is 23.7 Å². The van der Waals surface area contributed by atoms with Crippen molar-refractivity contribution in [3.63, 3.8) is 0 Å². The van der Waals surface area contributed by atoms with E-state index in [1.165, 1.54) is 28.4 Å². The van der Waals surface area contributed by atoms with E-state index < -0.39 is 24.0 Å². The van der Waals surface area contributed by atoms with Crippen molar-refractivity contribution in [2.45, 2.75) is 12.2 Å². The molecule has 0 N–H and O–H groups in total. The van der Waals surface area contributed by atoms with Crippen LogP contribution >= 0.6 is 0 Å². The van der Waals surface area contributed by atoms with Gasteiger partial charge in [0, 0.05) is 0 Å². The maximum absolute atomic E-state index is 12.6. The maximum Gasteiger partial charge on any atom is 0.208 e. The fourth-order valence-electron chi connectivity index (χ4n) is 3.38. The van der Waals surface area contributed by atoms with Gasteiger partial charge in [0.2, 0.25) is 23.1 Å². The minimum absolute atomic E-state index is 0.0608. The molecule has 1 aliphatic carbocycles. The zero-order valence-corrected chi connectivity index (χ0v) is 12.2. The molecular weight excluding hydrogens is 280 g/mol. The molecule has 0 aromatic heterocycles. The van der Waals surface area contributed by atoms with Crippen molar-refractivity contribution in [1.82, 2.24) is 0 Å². The molecule has 0 radical (unpaired) electrons. The zero-order valence-electron chi connectivity index (χ0n) is 12.2. The Morgan fingerprint density at radius 2 is 1.10 bits per heavy atom. The summed E-state index contributed by atoms with van der Waals surface area (Å²) in [6.45, 7) is 0. The average Bonchev–Trinajstić information content (AvgIpc) is 3.05. The minimum atomic E-state index is -0.662. The van der Waals surface area contributed by atoms with Crippen LogP contribution in [-0.2, 0) is 33.3 Å². The Kier molecular flexibility index (Phi) is 3.16. The first-order valence-electron chi connectivity index (χ1n) is 6.48. The number of carbonyl (C=O) groups excluding carboxylic acids is 2. The van der Waals surface area contributed by atoms with Gasteiger partial charge >= 0.3 is 0 Å². The fourth-order valence-corrected chi connectivity index (χ4v) is 3.38. The van der Waals surface area contributed by atoms with Crippen molar-refractivity contribution in [3.05, 3.63) is 23.0 Å². The molecule has 1 fully saturated rings. The van der Waals surface area contributed by atoms with E-state index in [-0.39, 0.29) is 23.1 Å². The van der Waals surface area contributed by atoms with Crippen molar-refractivity contribution in [3.8, 4) is 0 Å². The molecule has 0 spiro atoms. The van der Waals surface area contributed by atoms with Gasteiger partial charge in [-0.2, -0.15) is 0 Å². The van der Waals surface area contributed by atoms with Crippen molar-refractivity contribution >= 4 is 11.6 Å². The number of hydrogen-bond donors (Lipinski definition) is 0. The van der Waals surface area contributed by atoms with Gasteiger partial charge in [-0.3, -0.25) is 9.59 Å². The van der Waals surface area contributed by atoms with Crippen LogP contribution in [0.3, 0.4) is 0 Å². The number of ketones is 2. The second-order valence-electron chi connectivity index (χ2n) is 4.96. The third-order valence-electron chi connectivity index (χ3n) is 4.20. The van der Waals surface area contributed by atoms with E-state index in [2.05, 4.69) is 0 Å². The lowest BCUT2D eigenvalue weighted by Crippen LogP contribution is -2.46. The molecule has 0 saturated carbocycles. The van der Waals surface area contributed by atoms with Gasteiger partial charge in [-0.25, -0.2) is 0 Å². The largest absolute Gasteiger partial charge is 0.495 e. The first-order chi connectivity index (χ1) is 10.1. The Bertz CT molecular complexity index is 526. The van der Waals surface area contributed by atoms with E-state index >= 15 is 0 Å². The molecule has 2 aliphatic heterocycles. The number of allylic oxidation sites excluding steroid dienone is 2. The molecule has 4 atom stereocenters. The van der Waals surface area contributed by atoms with Crippen LogP contribution in [0.2, 0.25) is 0 Å². The Labute approximate surface area is 121 Å². The Morgan fingerprint density at radius 3 is 1.38 bits per heavy atom. The highest BCUT2D eigenvalue weighted by Gasteiger charge is 2.64.